The second-order valence-corrected chi connectivity index (χ2v) is 4.15. The SMILES string of the molecule is O=C(O)C1=C(S(=O)(=O)O)CCC=C1O. The number of allylic oxidation sites excluding steroid dienone is 2. The number of aliphatic carboxylic acids is 1. The van der Waals surface area contributed by atoms with Crippen molar-refractivity contribution in [2.75, 3.05) is 0 Å². The maximum atomic E-state index is 10.7. The van der Waals surface area contributed by atoms with Gasteiger partial charge in [-0.3, -0.25) is 4.55 Å². The number of aliphatic hydroxyl groups is 1. The normalized spacial score (nSPS) is 17.9. The molecule has 0 aliphatic heterocycles. The molecule has 0 spiro atoms. The smallest absolute Gasteiger partial charge is 0.340 e. The fourth-order valence-electron chi connectivity index (χ4n) is 1.20. The van der Waals surface area contributed by atoms with E-state index in [1.54, 1.807) is 0 Å². The maximum Gasteiger partial charge on any atom is 0.340 e. The third-order valence-corrected chi connectivity index (χ3v) is 2.80. The van der Waals surface area contributed by atoms with E-state index in [0.29, 0.717) is 0 Å². The molecule has 7 heteroatoms. The molecule has 1 rings (SSSR count). The molecule has 0 bridgehead atoms. The Bertz CT molecular complexity index is 427. The monoisotopic (exact) mass is 220 g/mol. The summed E-state index contributed by atoms with van der Waals surface area (Å²) in [5, 5.41) is 17.7. The largest absolute Gasteiger partial charge is 0.507 e. The summed E-state index contributed by atoms with van der Waals surface area (Å²) < 4.78 is 30.2. The van der Waals surface area contributed by atoms with Gasteiger partial charge in [0.2, 0.25) is 0 Å². The minimum atomic E-state index is -4.56. The fraction of sp³-hybridized carbons (Fsp3) is 0.286. The van der Waals surface area contributed by atoms with Gasteiger partial charge in [0.05, 0.1) is 4.91 Å². The van der Waals surface area contributed by atoms with Crippen molar-refractivity contribution in [3.8, 4) is 0 Å². The van der Waals surface area contributed by atoms with Crippen molar-refractivity contribution in [1.29, 1.82) is 0 Å². The van der Waals surface area contributed by atoms with Gasteiger partial charge >= 0.3 is 5.97 Å². The van der Waals surface area contributed by atoms with Crippen LogP contribution in [0.3, 0.4) is 0 Å². The number of rotatable bonds is 2. The number of carbonyl (C=O) groups is 1. The third kappa shape index (κ3) is 1.94. The topological polar surface area (TPSA) is 112 Å². The zero-order chi connectivity index (χ0) is 10.9. The molecular formula is C7H8O6S. The Balaban J connectivity index is 3.41. The number of carboxylic acid groups (broad SMARTS) is 1. The minimum Gasteiger partial charge on any atom is -0.507 e. The summed E-state index contributed by atoms with van der Waals surface area (Å²) in [6.45, 7) is 0. The average Bonchev–Trinajstić information content (AvgIpc) is 2.01. The van der Waals surface area contributed by atoms with Crippen LogP contribution >= 0.6 is 0 Å². The van der Waals surface area contributed by atoms with E-state index in [2.05, 4.69) is 0 Å². The van der Waals surface area contributed by atoms with Gasteiger partial charge in [0, 0.05) is 0 Å². The van der Waals surface area contributed by atoms with Crippen LogP contribution in [0.5, 0.6) is 0 Å². The molecule has 1 aliphatic rings. The first-order valence-electron chi connectivity index (χ1n) is 3.67. The maximum absolute atomic E-state index is 10.7. The van der Waals surface area contributed by atoms with Crippen LogP contribution in [0.15, 0.2) is 22.3 Å². The quantitative estimate of drug-likeness (QED) is 0.582. The summed E-state index contributed by atoms with van der Waals surface area (Å²) >= 11 is 0. The average molecular weight is 220 g/mol. The van der Waals surface area contributed by atoms with Gasteiger partial charge in [-0.1, -0.05) is 0 Å². The van der Waals surface area contributed by atoms with Gasteiger partial charge in [-0.25, -0.2) is 4.79 Å². The number of carboxylic acids is 1. The molecule has 0 radical (unpaired) electrons. The molecule has 1 aliphatic carbocycles. The van der Waals surface area contributed by atoms with Crippen LogP contribution < -0.4 is 0 Å². The van der Waals surface area contributed by atoms with E-state index in [1.807, 2.05) is 0 Å². The van der Waals surface area contributed by atoms with Gasteiger partial charge in [-0.2, -0.15) is 8.42 Å². The molecule has 0 unspecified atom stereocenters. The Hall–Kier alpha value is -1.34. The van der Waals surface area contributed by atoms with Crippen LogP contribution in [0, 0.1) is 0 Å². The molecule has 0 aromatic carbocycles. The fourth-order valence-corrected chi connectivity index (χ4v) is 2.02. The van der Waals surface area contributed by atoms with Crippen molar-refractivity contribution in [2.45, 2.75) is 12.8 Å². The van der Waals surface area contributed by atoms with Crippen LogP contribution in [0.1, 0.15) is 12.8 Å². The Morgan fingerprint density at radius 2 is 2.00 bits per heavy atom. The van der Waals surface area contributed by atoms with Gasteiger partial charge in [0.15, 0.2) is 0 Å². The molecule has 0 amide bonds. The lowest BCUT2D eigenvalue weighted by Gasteiger charge is -2.12. The predicted octanol–water partition coefficient (Wildman–Crippen LogP) is 0.449. The van der Waals surface area contributed by atoms with E-state index in [1.165, 1.54) is 6.08 Å². The number of hydrogen-bond acceptors (Lipinski definition) is 4. The molecule has 0 saturated heterocycles. The second-order valence-electron chi connectivity index (χ2n) is 2.71. The summed E-state index contributed by atoms with van der Waals surface area (Å²) in [5.41, 5.74) is -0.751. The summed E-state index contributed by atoms with van der Waals surface area (Å²) in [7, 11) is -4.56. The standard InChI is InChI=1S/C7H8O6S/c8-4-2-1-3-5(14(11,12)13)6(4)7(9)10/h2,8H,1,3H2,(H,9,10)(H,11,12,13). The summed E-state index contributed by atoms with van der Waals surface area (Å²) in [6.07, 6.45) is 1.25. The predicted molar refractivity (Wildman–Crippen MR) is 46.2 cm³/mol. The van der Waals surface area contributed by atoms with Crippen molar-refractivity contribution in [3.63, 3.8) is 0 Å². The van der Waals surface area contributed by atoms with Crippen molar-refractivity contribution < 1.29 is 28.0 Å². The first-order chi connectivity index (χ1) is 6.34. The van der Waals surface area contributed by atoms with Crippen LogP contribution in [0.4, 0.5) is 0 Å². The molecule has 14 heavy (non-hydrogen) atoms. The second kappa shape index (κ2) is 3.43. The van der Waals surface area contributed by atoms with E-state index in [9.17, 15) is 13.2 Å². The molecule has 0 atom stereocenters. The number of hydrogen-bond donors (Lipinski definition) is 3. The van der Waals surface area contributed by atoms with Crippen LogP contribution in [0.25, 0.3) is 0 Å². The first kappa shape index (κ1) is 10.7. The van der Waals surface area contributed by atoms with Crippen molar-refractivity contribution >= 4 is 16.1 Å². The highest BCUT2D eigenvalue weighted by Gasteiger charge is 2.28. The van der Waals surface area contributed by atoms with Crippen molar-refractivity contribution in [3.05, 3.63) is 22.3 Å². The molecule has 78 valence electrons. The first-order valence-corrected chi connectivity index (χ1v) is 5.11. The minimum absolute atomic E-state index is 0.121. The summed E-state index contributed by atoms with van der Waals surface area (Å²) in [6, 6.07) is 0. The van der Waals surface area contributed by atoms with Gasteiger partial charge in [0.1, 0.15) is 11.3 Å². The lowest BCUT2D eigenvalue weighted by Crippen LogP contribution is -2.16. The summed E-state index contributed by atoms with van der Waals surface area (Å²) in [4.78, 5) is 9.94. The van der Waals surface area contributed by atoms with E-state index in [-0.39, 0.29) is 12.8 Å². The lowest BCUT2D eigenvalue weighted by molar-refractivity contribution is -0.132. The molecule has 0 aromatic rings. The highest BCUT2D eigenvalue weighted by atomic mass is 32.2. The third-order valence-electron chi connectivity index (χ3n) is 1.77. The van der Waals surface area contributed by atoms with E-state index >= 15 is 0 Å². The molecule has 6 nitrogen and oxygen atoms in total. The van der Waals surface area contributed by atoms with E-state index in [0.717, 1.165) is 0 Å². The Labute approximate surface area is 79.9 Å². The Kier molecular flexibility index (Phi) is 2.63. The molecule has 0 aromatic heterocycles. The zero-order valence-electron chi connectivity index (χ0n) is 6.97. The molecule has 0 heterocycles. The van der Waals surface area contributed by atoms with Gasteiger partial charge in [0.25, 0.3) is 10.1 Å². The summed E-state index contributed by atoms with van der Waals surface area (Å²) in [5.74, 6) is -2.21. The van der Waals surface area contributed by atoms with E-state index < -0.39 is 32.3 Å². The molecule has 3 N–H and O–H groups in total. The lowest BCUT2D eigenvalue weighted by atomic mass is 10.1. The molecular weight excluding hydrogens is 212 g/mol. The number of aliphatic hydroxyl groups excluding tert-OH is 1. The van der Waals surface area contributed by atoms with E-state index in [4.69, 9.17) is 14.8 Å². The highest BCUT2D eigenvalue weighted by Crippen LogP contribution is 2.27. The van der Waals surface area contributed by atoms with Crippen LogP contribution in [-0.2, 0) is 14.9 Å². The van der Waals surface area contributed by atoms with Crippen molar-refractivity contribution in [2.24, 2.45) is 0 Å². The Morgan fingerprint density at radius 1 is 1.43 bits per heavy atom. The van der Waals surface area contributed by atoms with Gasteiger partial charge in [-0.15, -0.1) is 0 Å². The molecule has 0 saturated carbocycles. The van der Waals surface area contributed by atoms with Crippen molar-refractivity contribution in [1.82, 2.24) is 0 Å². The van der Waals surface area contributed by atoms with Gasteiger partial charge in [-0.05, 0) is 18.9 Å². The van der Waals surface area contributed by atoms with Crippen LogP contribution in [0.2, 0.25) is 0 Å². The zero-order valence-corrected chi connectivity index (χ0v) is 7.78. The highest BCUT2D eigenvalue weighted by molar-refractivity contribution is 7.89. The molecule has 0 fully saturated rings. The van der Waals surface area contributed by atoms with Gasteiger partial charge < -0.3 is 10.2 Å². The Morgan fingerprint density at radius 3 is 2.36 bits per heavy atom. The van der Waals surface area contributed by atoms with Crippen LogP contribution in [-0.4, -0.2) is 29.2 Å².